The van der Waals surface area contributed by atoms with Gasteiger partial charge in [0.05, 0.1) is 13.5 Å². The average Bonchev–Trinajstić information content (AvgIpc) is 1.98. The monoisotopic (exact) mass is 215 g/mol. The highest BCUT2D eigenvalue weighted by Crippen LogP contribution is 2.26. The van der Waals surface area contributed by atoms with Gasteiger partial charge in [-0.15, -0.1) is 0 Å². The molecule has 0 aliphatic carbocycles. The number of rotatable bonds is 5. The van der Waals surface area contributed by atoms with E-state index in [0.717, 1.165) is 6.42 Å². The SMILES string of the molecule is COC(=O)CCNC(C)(C)CC(C)(C)C. The third-order valence-electron chi connectivity index (χ3n) is 2.13. The van der Waals surface area contributed by atoms with E-state index < -0.39 is 0 Å². The molecule has 0 rings (SSSR count). The number of carbonyl (C=O) groups is 1. The van der Waals surface area contributed by atoms with Crippen LogP contribution in [0.25, 0.3) is 0 Å². The minimum Gasteiger partial charge on any atom is -0.469 e. The molecule has 0 saturated carbocycles. The van der Waals surface area contributed by atoms with Crippen LogP contribution < -0.4 is 5.32 Å². The number of ether oxygens (including phenoxy) is 1. The van der Waals surface area contributed by atoms with E-state index in [2.05, 4.69) is 44.7 Å². The maximum Gasteiger partial charge on any atom is 0.306 e. The Morgan fingerprint density at radius 2 is 1.73 bits per heavy atom. The fourth-order valence-corrected chi connectivity index (χ4v) is 1.99. The van der Waals surface area contributed by atoms with Gasteiger partial charge < -0.3 is 10.1 Å². The van der Waals surface area contributed by atoms with Gasteiger partial charge in [-0.3, -0.25) is 4.79 Å². The highest BCUT2D eigenvalue weighted by Gasteiger charge is 2.24. The Morgan fingerprint density at radius 3 is 2.13 bits per heavy atom. The van der Waals surface area contributed by atoms with Crippen molar-refractivity contribution < 1.29 is 9.53 Å². The average molecular weight is 215 g/mol. The van der Waals surface area contributed by atoms with Crippen molar-refractivity contribution in [2.45, 2.75) is 53.0 Å². The Kier molecular flexibility index (Phi) is 5.29. The molecule has 0 amide bonds. The fourth-order valence-electron chi connectivity index (χ4n) is 1.99. The van der Waals surface area contributed by atoms with Gasteiger partial charge in [0.15, 0.2) is 0 Å². The molecule has 0 spiro atoms. The first kappa shape index (κ1) is 14.4. The molecule has 0 radical (unpaired) electrons. The Morgan fingerprint density at radius 1 is 1.20 bits per heavy atom. The van der Waals surface area contributed by atoms with Crippen molar-refractivity contribution in [3.05, 3.63) is 0 Å². The van der Waals surface area contributed by atoms with Crippen LogP contribution in [0.4, 0.5) is 0 Å². The predicted molar refractivity (Wildman–Crippen MR) is 62.8 cm³/mol. The highest BCUT2D eigenvalue weighted by molar-refractivity contribution is 5.69. The van der Waals surface area contributed by atoms with Crippen molar-refractivity contribution >= 4 is 5.97 Å². The zero-order valence-electron chi connectivity index (χ0n) is 10.9. The van der Waals surface area contributed by atoms with E-state index >= 15 is 0 Å². The first-order valence-electron chi connectivity index (χ1n) is 5.48. The zero-order chi connectivity index (χ0) is 12.1. The van der Waals surface area contributed by atoms with Crippen LogP contribution in [0.3, 0.4) is 0 Å². The van der Waals surface area contributed by atoms with Crippen LogP contribution in [0, 0.1) is 5.41 Å². The normalized spacial score (nSPS) is 12.7. The maximum absolute atomic E-state index is 10.9. The minimum atomic E-state index is -0.158. The van der Waals surface area contributed by atoms with Gasteiger partial charge >= 0.3 is 5.97 Å². The lowest BCUT2D eigenvalue weighted by atomic mass is 9.82. The standard InChI is InChI=1S/C12H25NO2/c1-11(2,3)9-12(4,5)13-8-7-10(14)15-6/h13H,7-9H2,1-6H3. The Balaban J connectivity index is 3.89. The first-order valence-corrected chi connectivity index (χ1v) is 5.48. The molecule has 0 atom stereocenters. The second kappa shape index (κ2) is 5.50. The summed E-state index contributed by atoms with van der Waals surface area (Å²) in [6, 6.07) is 0. The second-order valence-corrected chi connectivity index (χ2v) is 5.87. The van der Waals surface area contributed by atoms with Gasteiger partial charge in [-0.05, 0) is 25.7 Å². The lowest BCUT2D eigenvalue weighted by Crippen LogP contribution is -2.43. The summed E-state index contributed by atoms with van der Waals surface area (Å²) in [6.07, 6.45) is 1.51. The second-order valence-electron chi connectivity index (χ2n) is 5.87. The molecule has 15 heavy (non-hydrogen) atoms. The number of hydrogen-bond donors (Lipinski definition) is 1. The molecule has 1 N–H and O–H groups in total. The summed E-state index contributed by atoms with van der Waals surface area (Å²) in [5.41, 5.74) is 0.355. The Labute approximate surface area is 93.6 Å². The van der Waals surface area contributed by atoms with Gasteiger partial charge in [-0.1, -0.05) is 20.8 Å². The van der Waals surface area contributed by atoms with Crippen LogP contribution in [0.2, 0.25) is 0 Å². The third kappa shape index (κ3) is 8.43. The summed E-state index contributed by atoms with van der Waals surface area (Å²) in [4.78, 5) is 10.9. The maximum atomic E-state index is 10.9. The van der Waals surface area contributed by atoms with E-state index in [9.17, 15) is 4.79 Å². The predicted octanol–water partition coefficient (Wildman–Crippen LogP) is 2.35. The molecular weight excluding hydrogens is 190 g/mol. The molecule has 0 bridgehead atoms. The van der Waals surface area contributed by atoms with E-state index in [4.69, 9.17) is 0 Å². The molecule has 0 aromatic rings. The molecular formula is C12H25NO2. The molecule has 3 heteroatoms. The number of carbonyl (C=O) groups excluding carboxylic acids is 1. The van der Waals surface area contributed by atoms with Crippen molar-refractivity contribution in [1.29, 1.82) is 0 Å². The molecule has 90 valence electrons. The minimum absolute atomic E-state index is 0.0618. The highest BCUT2D eigenvalue weighted by atomic mass is 16.5. The molecule has 0 saturated heterocycles. The lowest BCUT2D eigenvalue weighted by molar-refractivity contribution is -0.140. The molecule has 0 aromatic heterocycles. The summed E-state index contributed by atoms with van der Waals surface area (Å²) in [6.45, 7) is 11.7. The summed E-state index contributed by atoms with van der Waals surface area (Å²) in [5.74, 6) is -0.158. The van der Waals surface area contributed by atoms with Crippen molar-refractivity contribution in [2.24, 2.45) is 5.41 Å². The van der Waals surface area contributed by atoms with Crippen molar-refractivity contribution in [2.75, 3.05) is 13.7 Å². The molecule has 0 unspecified atom stereocenters. The van der Waals surface area contributed by atoms with Crippen LogP contribution in [-0.2, 0) is 9.53 Å². The largest absolute Gasteiger partial charge is 0.469 e. The van der Waals surface area contributed by atoms with Crippen LogP contribution in [0.1, 0.15) is 47.5 Å². The summed E-state index contributed by atoms with van der Waals surface area (Å²) in [7, 11) is 1.42. The van der Waals surface area contributed by atoms with Crippen molar-refractivity contribution in [1.82, 2.24) is 5.32 Å². The van der Waals surface area contributed by atoms with Gasteiger partial charge in [-0.25, -0.2) is 0 Å². The molecule has 0 aliphatic heterocycles. The topological polar surface area (TPSA) is 38.3 Å². The van der Waals surface area contributed by atoms with E-state index in [0.29, 0.717) is 18.4 Å². The summed E-state index contributed by atoms with van der Waals surface area (Å²) >= 11 is 0. The van der Waals surface area contributed by atoms with E-state index in [-0.39, 0.29) is 11.5 Å². The van der Waals surface area contributed by atoms with Gasteiger partial charge in [0.2, 0.25) is 0 Å². The number of esters is 1. The number of methoxy groups -OCH3 is 1. The first-order chi connectivity index (χ1) is 6.66. The quantitative estimate of drug-likeness (QED) is 0.715. The Bertz CT molecular complexity index is 204. The molecule has 0 heterocycles. The fraction of sp³-hybridized carbons (Fsp3) is 0.917. The molecule has 3 nitrogen and oxygen atoms in total. The van der Waals surface area contributed by atoms with E-state index in [1.807, 2.05) is 0 Å². The van der Waals surface area contributed by atoms with Gasteiger partial charge in [-0.2, -0.15) is 0 Å². The third-order valence-corrected chi connectivity index (χ3v) is 2.13. The van der Waals surface area contributed by atoms with Crippen LogP contribution in [0.5, 0.6) is 0 Å². The Hall–Kier alpha value is -0.570. The smallest absolute Gasteiger partial charge is 0.306 e. The molecule has 0 aliphatic rings. The molecule has 0 aromatic carbocycles. The van der Waals surface area contributed by atoms with Crippen LogP contribution >= 0.6 is 0 Å². The van der Waals surface area contributed by atoms with Gasteiger partial charge in [0, 0.05) is 12.1 Å². The van der Waals surface area contributed by atoms with Gasteiger partial charge in [0.25, 0.3) is 0 Å². The van der Waals surface area contributed by atoms with E-state index in [1.54, 1.807) is 0 Å². The lowest BCUT2D eigenvalue weighted by Gasteiger charge is -2.33. The van der Waals surface area contributed by atoms with Crippen molar-refractivity contribution in [3.63, 3.8) is 0 Å². The number of nitrogens with one attached hydrogen (secondary N) is 1. The van der Waals surface area contributed by atoms with Crippen molar-refractivity contribution in [3.8, 4) is 0 Å². The van der Waals surface area contributed by atoms with Gasteiger partial charge in [0.1, 0.15) is 0 Å². The summed E-state index contributed by atoms with van der Waals surface area (Å²) in [5, 5.41) is 3.38. The van der Waals surface area contributed by atoms with Crippen LogP contribution in [0.15, 0.2) is 0 Å². The molecule has 0 fully saturated rings. The zero-order valence-corrected chi connectivity index (χ0v) is 10.9. The number of hydrogen-bond acceptors (Lipinski definition) is 3. The van der Waals surface area contributed by atoms with E-state index in [1.165, 1.54) is 7.11 Å². The summed E-state index contributed by atoms with van der Waals surface area (Å²) < 4.78 is 4.59. The van der Waals surface area contributed by atoms with Crippen LogP contribution in [-0.4, -0.2) is 25.2 Å².